The smallest absolute Gasteiger partial charge is 0.325 e. The molecular weight excluding hydrogens is 182 g/mol. The van der Waals surface area contributed by atoms with Gasteiger partial charge in [0.25, 0.3) is 0 Å². The highest BCUT2D eigenvalue weighted by atomic mass is 16.5. The Morgan fingerprint density at radius 1 is 1.71 bits per heavy atom. The Hall–Kier alpha value is -1.78. The Balaban J connectivity index is 2.69. The minimum atomic E-state index is -0.289. The number of carbonyl (C=O) groups is 1. The molecule has 1 rings (SSSR count). The van der Waals surface area contributed by atoms with E-state index in [2.05, 4.69) is 9.72 Å². The lowest BCUT2D eigenvalue weighted by Crippen LogP contribution is -2.26. The molecule has 0 atom stereocenters. The number of methoxy groups -OCH3 is 1. The Morgan fingerprint density at radius 2 is 2.43 bits per heavy atom. The monoisotopic (exact) mass is 195 g/mol. The minimum absolute atomic E-state index is 0.194. The van der Waals surface area contributed by atoms with Crippen LogP contribution in [0.1, 0.15) is 0 Å². The van der Waals surface area contributed by atoms with Crippen LogP contribution < -0.4 is 10.6 Å². The van der Waals surface area contributed by atoms with E-state index in [1.54, 1.807) is 30.3 Å². The van der Waals surface area contributed by atoms with Crippen LogP contribution in [0.2, 0.25) is 0 Å². The lowest BCUT2D eigenvalue weighted by molar-refractivity contribution is -0.138. The fourth-order valence-electron chi connectivity index (χ4n) is 1.02. The van der Waals surface area contributed by atoms with Crippen LogP contribution in [0, 0.1) is 0 Å². The number of hydrogen-bond acceptors (Lipinski definition) is 5. The first-order chi connectivity index (χ1) is 6.63. The van der Waals surface area contributed by atoms with Crippen molar-refractivity contribution in [1.82, 2.24) is 4.98 Å². The number of pyridine rings is 1. The lowest BCUT2D eigenvalue weighted by Gasteiger charge is -2.17. The largest absolute Gasteiger partial charge is 0.468 e. The first-order valence-corrected chi connectivity index (χ1v) is 4.13. The molecule has 0 saturated carbocycles. The summed E-state index contributed by atoms with van der Waals surface area (Å²) in [5.74, 6) is 0.141. The molecule has 5 heteroatoms. The van der Waals surface area contributed by atoms with Gasteiger partial charge < -0.3 is 15.4 Å². The van der Waals surface area contributed by atoms with Crippen molar-refractivity contribution in [3.05, 3.63) is 18.3 Å². The maximum absolute atomic E-state index is 11.0. The first-order valence-electron chi connectivity index (χ1n) is 4.13. The van der Waals surface area contributed by atoms with Gasteiger partial charge in [0.2, 0.25) is 0 Å². The predicted molar refractivity (Wildman–Crippen MR) is 53.9 cm³/mol. The first kappa shape index (κ1) is 10.3. The summed E-state index contributed by atoms with van der Waals surface area (Å²) in [4.78, 5) is 16.6. The van der Waals surface area contributed by atoms with E-state index in [0.717, 1.165) is 5.69 Å². The number of rotatable bonds is 3. The topological polar surface area (TPSA) is 68.5 Å². The number of likely N-dealkylation sites (N-methyl/N-ethyl adjacent to an activating group) is 1. The van der Waals surface area contributed by atoms with E-state index in [9.17, 15) is 4.79 Å². The molecule has 1 heterocycles. The molecule has 76 valence electrons. The third-order valence-corrected chi connectivity index (χ3v) is 1.80. The molecule has 0 amide bonds. The van der Waals surface area contributed by atoms with E-state index >= 15 is 0 Å². The van der Waals surface area contributed by atoms with Crippen molar-refractivity contribution in [3.63, 3.8) is 0 Å². The van der Waals surface area contributed by atoms with Crippen molar-refractivity contribution >= 4 is 17.5 Å². The number of anilines is 2. The highest BCUT2D eigenvalue weighted by Crippen LogP contribution is 2.13. The zero-order chi connectivity index (χ0) is 10.6. The minimum Gasteiger partial charge on any atom is -0.468 e. The van der Waals surface area contributed by atoms with Crippen LogP contribution in [-0.4, -0.2) is 31.7 Å². The average molecular weight is 195 g/mol. The standard InChI is InChI=1S/C9H13N3O2/c1-12(6-9(13)14-2)7-3-4-11-8(10)5-7/h3-5H,6H2,1-2H3,(H2,10,11). The molecule has 5 nitrogen and oxygen atoms in total. The van der Waals surface area contributed by atoms with Gasteiger partial charge in [0.15, 0.2) is 0 Å². The van der Waals surface area contributed by atoms with Gasteiger partial charge >= 0.3 is 5.97 Å². The fraction of sp³-hybridized carbons (Fsp3) is 0.333. The van der Waals surface area contributed by atoms with E-state index in [0.29, 0.717) is 5.82 Å². The maximum Gasteiger partial charge on any atom is 0.325 e. The molecule has 0 fully saturated rings. The lowest BCUT2D eigenvalue weighted by atomic mass is 10.3. The van der Waals surface area contributed by atoms with Gasteiger partial charge in [-0.3, -0.25) is 4.79 Å². The van der Waals surface area contributed by atoms with Gasteiger partial charge in [-0.25, -0.2) is 4.98 Å². The van der Waals surface area contributed by atoms with Gasteiger partial charge in [0, 0.05) is 25.0 Å². The summed E-state index contributed by atoms with van der Waals surface area (Å²) in [7, 11) is 3.14. The number of carbonyl (C=O) groups excluding carboxylic acids is 1. The summed E-state index contributed by atoms with van der Waals surface area (Å²) in [6.07, 6.45) is 1.60. The number of nitrogens with two attached hydrogens (primary N) is 1. The Labute approximate surface area is 82.5 Å². The third-order valence-electron chi connectivity index (χ3n) is 1.80. The van der Waals surface area contributed by atoms with E-state index in [-0.39, 0.29) is 12.5 Å². The van der Waals surface area contributed by atoms with Crippen LogP contribution in [0.25, 0.3) is 0 Å². The van der Waals surface area contributed by atoms with Gasteiger partial charge in [-0.2, -0.15) is 0 Å². The van der Waals surface area contributed by atoms with Crippen molar-refractivity contribution in [2.75, 3.05) is 31.3 Å². The number of ether oxygens (including phenoxy) is 1. The molecule has 0 aromatic carbocycles. The molecule has 0 unspecified atom stereocenters. The summed E-state index contributed by atoms with van der Waals surface area (Å²) in [5, 5.41) is 0. The highest BCUT2D eigenvalue weighted by Gasteiger charge is 2.07. The quantitative estimate of drug-likeness (QED) is 0.701. The number of nitrogen functional groups attached to an aromatic ring is 1. The molecule has 14 heavy (non-hydrogen) atoms. The summed E-state index contributed by atoms with van der Waals surface area (Å²) < 4.78 is 4.55. The van der Waals surface area contributed by atoms with Gasteiger partial charge in [-0.05, 0) is 6.07 Å². The van der Waals surface area contributed by atoms with Crippen molar-refractivity contribution < 1.29 is 9.53 Å². The second kappa shape index (κ2) is 4.45. The van der Waals surface area contributed by atoms with Crippen LogP contribution in [0.5, 0.6) is 0 Å². The van der Waals surface area contributed by atoms with Crippen molar-refractivity contribution in [2.45, 2.75) is 0 Å². The number of esters is 1. The molecule has 0 radical (unpaired) electrons. The summed E-state index contributed by atoms with van der Waals surface area (Å²) in [5.41, 5.74) is 6.34. The van der Waals surface area contributed by atoms with Crippen molar-refractivity contribution in [2.24, 2.45) is 0 Å². The van der Waals surface area contributed by atoms with E-state index in [1.165, 1.54) is 7.11 Å². The van der Waals surface area contributed by atoms with E-state index in [4.69, 9.17) is 5.73 Å². The molecule has 1 aromatic rings. The maximum atomic E-state index is 11.0. The number of nitrogens with zero attached hydrogens (tertiary/aromatic N) is 2. The summed E-state index contributed by atoms with van der Waals surface area (Å²) in [6.45, 7) is 0.194. The molecule has 0 aliphatic carbocycles. The zero-order valence-electron chi connectivity index (χ0n) is 8.23. The van der Waals surface area contributed by atoms with Gasteiger partial charge in [0.1, 0.15) is 12.4 Å². The normalized spacial score (nSPS) is 9.57. The molecule has 0 aliphatic rings. The van der Waals surface area contributed by atoms with E-state index in [1.807, 2.05) is 0 Å². The van der Waals surface area contributed by atoms with Crippen LogP contribution >= 0.6 is 0 Å². The molecule has 2 N–H and O–H groups in total. The Kier molecular flexibility index (Phi) is 3.28. The zero-order valence-corrected chi connectivity index (χ0v) is 8.23. The summed E-state index contributed by atoms with van der Waals surface area (Å²) in [6, 6.07) is 3.47. The van der Waals surface area contributed by atoms with Crippen LogP contribution in [0.15, 0.2) is 18.3 Å². The molecule has 0 saturated heterocycles. The summed E-state index contributed by atoms with van der Waals surface area (Å²) >= 11 is 0. The SMILES string of the molecule is COC(=O)CN(C)c1ccnc(N)c1. The number of aromatic nitrogens is 1. The Bertz CT molecular complexity index is 328. The second-order valence-electron chi connectivity index (χ2n) is 2.87. The molecule has 0 aliphatic heterocycles. The predicted octanol–water partition coefficient (Wildman–Crippen LogP) is 0.273. The van der Waals surface area contributed by atoms with Gasteiger partial charge in [-0.15, -0.1) is 0 Å². The molecular formula is C9H13N3O2. The van der Waals surface area contributed by atoms with E-state index < -0.39 is 0 Å². The van der Waals surface area contributed by atoms with Gasteiger partial charge in [0.05, 0.1) is 7.11 Å². The highest BCUT2D eigenvalue weighted by molar-refractivity contribution is 5.75. The Morgan fingerprint density at radius 3 is 3.00 bits per heavy atom. The van der Waals surface area contributed by atoms with Crippen molar-refractivity contribution in [1.29, 1.82) is 0 Å². The van der Waals surface area contributed by atoms with Crippen LogP contribution in [-0.2, 0) is 9.53 Å². The van der Waals surface area contributed by atoms with Crippen LogP contribution in [0.4, 0.5) is 11.5 Å². The van der Waals surface area contributed by atoms with Crippen LogP contribution in [0.3, 0.4) is 0 Å². The average Bonchev–Trinajstić information content (AvgIpc) is 2.17. The second-order valence-corrected chi connectivity index (χ2v) is 2.87. The van der Waals surface area contributed by atoms with Gasteiger partial charge in [-0.1, -0.05) is 0 Å². The van der Waals surface area contributed by atoms with Crippen molar-refractivity contribution in [3.8, 4) is 0 Å². The molecule has 0 spiro atoms. The molecule has 1 aromatic heterocycles. The fourth-order valence-corrected chi connectivity index (χ4v) is 1.02. The number of hydrogen-bond donors (Lipinski definition) is 1. The third kappa shape index (κ3) is 2.62. The molecule has 0 bridgehead atoms.